The van der Waals surface area contributed by atoms with Crippen molar-refractivity contribution in [2.45, 2.75) is 13.0 Å². The minimum Gasteiger partial charge on any atom is -0.447 e. The van der Waals surface area contributed by atoms with Crippen LogP contribution < -0.4 is 4.90 Å². The summed E-state index contributed by atoms with van der Waals surface area (Å²) in [5.74, 6) is 1.54. The van der Waals surface area contributed by atoms with Gasteiger partial charge in [0.25, 0.3) is 0 Å². The Bertz CT molecular complexity index is 1510. The number of benzene rings is 2. The van der Waals surface area contributed by atoms with Crippen molar-refractivity contribution in [1.82, 2.24) is 29.8 Å². The predicted octanol–water partition coefficient (Wildman–Crippen LogP) is 4.33. The number of nitrogens with one attached hydrogen (secondary N) is 1. The molecule has 3 aromatic heterocycles. The van der Waals surface area contributed by atoms with E-state index in [1.165, 1.54) is 17.0 Å². The number of cyclic esters (lactones) is 1. The van der Waals surface area contributed by atoms with E-state index in [1.807, 2.05) is 31.2 Å². The van der Waals surface area contributed by atoms with Crippen LogP contribution in [0.25, 0.3) is 28.2 Å². The lowest BCUT2D eigenvalue weighted by Gasteiger charge is -2.20. The highest BCUT2D eigenvalue weighted by Gasteiger charge is 2.36. The summed E-state index contributed by atoms with van der Waals surface area (Å²) < 4.78 is 20.3. The summed E-state index contributed by atoms with van der Waals surface area (Å²) in [6, 6.07) is 15.2. The first-order chi connectivity index (χ1) is 16.6. The number of anilines is 1. The third-order valence-corrected chi connectivity index (χ3v) is 5.80. The summed E-state index contributed by atoms with van der Waals surface area (Å²) in [5, 5.41) is 12.5. The van der Waals surface area contributed by atoms with Crippen LogP contribution in [0.5, 0.6) is 0 Å². The highest BCUT2D eigenvalue weighted by Crippen LogP contribution is 2.33. The van der Waals surface area contributed by atoms with E-state index >= 15 is 0 Å². The number of hydrogen-bond donors (Lipinski definition) is 1. The van der Waals surface area contributed by atoms with Crippen molar-refractivity contribution in [1.29, 1.82) is 0 Å². The number of hydrogen-bond acceptors (Lipinski definition) is 6. The van der Waals surface area contributed by atoms with Gasteiger partial charge >= 0.3 is 6.09 Å². The van der Waals surface area contributed by atoms with Crippen LogP contribution in [0.1, 0.15) is 17.4 Å². The quantitative estimate of drug-likeness (QED) is 0.433. The second kappa shape index (κ2) is 7.77. The van der Waals surface area contributed by atoms with Crippen LogP contribution in [0, 0.1) is 12.7 Å². The number of carbonyl (C=O) groups excluding carboxylic acids is 1. The summed E-state index contributed by atoms with van der Waals surface area (Å²) in [6.45, 7) is 2.01. The monoisotopic (exact) mass is 455 g/mol. The third kappa shape index (κ3) is 3.36. The first-order valence-electron chi connectivity index (χ1n) is 10.6. The molecule has 0 bridgehead atoms. The molecule has 9 nitrogen and oxygen atoms in total. The molecule has 5 aromatic rings. The van der Waals surface area contributed by atoms with Gasteiger partial charge in [-0.3, -0.25) is 4.90 Å². The number of carbonyl (C=O) groups is 1. The van der Waals surface area contributed by atoms with E-state index in [0.717, 1.165) is 28.1 Å². The number of nitrogens with zero attached hydrogens (tertiary/aromatic N) is 6. The largest absolute Gasteiger partial charge is 0.447 e. The van der Waals surface area contributed by atoms with Gasteiger partial charge in [-0.2, -0.15) is 5.10 Å². The van der Waals surface area contributed by atoms with E-state index in [-0.39, 0.29) is 12.4 Å². The number of aryl methyl sites for hydroxylation is 1. The Morgan fingerprint density at radius 1 is 1.03 bits per heavy atom. The van der Waals surface area contributed by atoms with Gasteiger partial charge in [-0.15, -0.1) is 10.2 Å². The van der Waals surface area contributed by atoms with Crippen LogP contribution in [-0.4, -0.2) is 42.5 Å². The lowest BCUT2D eigenvalue weighted by atomic mass is 10.1. The van der Waals surface area contributed by atoms with Crippen LogP contribution in [0.3, 0.4) is 0 Å². The molecule has 10 heteroatoms. The van der Waals surface area contributed by atoms with Gasteiger partial charge in [-0.1, -0.05) is 36.4 Å². The lowest BCUT2D eigenvalue weighted by Crippen LogP contribution is -2.28. The Balaban J connectivity index is 1.37. The van der Waals surface area contributed by atoms with E-state index in [1.54, 1.807) is 35.1 Å². The maximum absolute atomic E-state index is 13.4. The van der Waals surface area contributed by atoms with Crippen molar-refractivity contribution in [2.75, 3.05) is 11.5 Å². The average Bonchev–Trinajstić information content (AvgIpc) is 3.57. The number of aromatic nitrogens is 6. The molecule has 0 saturated carbocycles. The fourth-order valence-corrected chi connectivity index (χ4v) is 4.09. The van der Waals surface area contributed by atoms with Gasteiger partial charge in [0.05, 0.1) is 6.20 Å². The van der Waals surface area contributed by atoms with Gasteiger partial charge < -0.3 is 9.72 Å². The first kappa shape index (κ1) is 20.0. The van der Waals surface area contributed by atoms with Crippen LogP contribution >= 0.6 is 0 Å². The Labute approximate surface area is 192 Å². The third-order valence-electron chi connectivity index (χ3n) is 5.80. The Hall–Kier alpha value is -4.60. The van der Waals surface area contributed by atoms with Crippen molar-refractivity contribution < 1.29 is 13.9 Å². The van der Waals surface area contributed by atoms with Gasteiger partial charge in [0.15, 0.2) is 11.5 Å². The number of H-pyrrole nitrogens is 1. The Kier molecular flexibility index (Phi) is 4.58. The summed E-state index contributed by atoms with van der Waals surface area (Å²) in [7, 11) is 0. The van der Waals surface area contributed by atoms with Crippen molar-refractivity contribution in [3.05, 3.63) is 84.2 Å². The molecular weight excluding hydrogens is 437 g/mol. The molecule has 1 N–H and O–H groups in total. The summed E-state index contributed by atoms with van der Waals surface area (Å²) in [6.07, 6.45) is 2.98. The molecule has 1 aliphatic rings. The zero-order chi connectivity index (χ0) is 23.2. The highest BCUT2D eigenvalue weighted by molar-refractivity contribution is 5.90. The average molecular weight is 455 g/mol. The summed E-state index contributed by atoms with van der Waals surface area (Å²) in [5.41, 5.74) is 4.00. The van der Waals surface area contributed by atoms with E-state index < -0.39 is 12.1 Å². The van der Waals surface area contributed by atoms with Crippen LogP contribution in [0.4, 0.5) is 15.0 Å². The van der Waals surface area contributed by atoms with Gasteiger partial charge in [0.2, 0.25) is 0 Å². The summed E-state index contributed by atoms with van der Waals surface area (Å²) >= 11 is 0. The van der Waals surface area contributed by atoms with E-state index in [0.29, 0.717) is 17.3 Å². The normalized spacial score (nSPS) is 15.8. The molecule has 1 aliphatic heterocycles. The van der Waals surface area contributed by atoms with Gasteiger partial charge in [0, 0.05) is 17.3 Å². The molecule has 0 unspecified atom stereocenters. The zero-order valence-electron chi connectivity index (χ0n) is 18.0. The van der Waals surface area contributed by atoms with E-state index in [9.17, 15) is 9.18 Å². The first-order valence-corrected chi connectivity index (χ1v) is 10.6. The number of halogens is 1. The maximum Gasteiger partial charge on any atom is 0.416 e. The van der Waals surface area contributed by atoms with Crippen molar-refractivity contribution in [3.8, 4) is 22.5 Å². The SMILES string of the molecule is Cc1nnc(-c2ccc(-c3cnn4ccc(N5C(=O)OC[C@@H]5c5ccc(F)cc5)nc34)cc2)[nH]1. The number of ether oxygens (including phenoxy) is 1. The molecule has 4 heterocycles. The van der Waals surface area contributed by atoms with E-state index in [2.05, 4.69) is 20.3 Å². The number of rotatable bonds is 4. The molecule has 34 heavy (non-hydrogen) atoms. The molecule has 168 valence electrons. The molecule has 1 saturated heterocycles. The molecule has 1 fully saturated rings. The fraction of sp³-hybridized carbons (Fsp3) is 0.125. The maximum atomic E-state index is 13.4. The standard InChI is InChI=1S/C24H18FN7O2/c1-14-27-22(30-29-14)17-4-2-15(3-5-17)19-12-26-31-11-10-21(28-23(19)31)32-20(13-34-24(32)33)16-6-8-18(25)9-7-16/h2-12,20H,13H2,1H3,(H,27,29,30)/t20-/m1/s1. The summed E-state index contributed by atoms with van der Waals surface area (Å²) in [4.78, 5) is 21.9. The predicted molar refractivity (Wildman–Crippen MR) is 122 cm³/mol. The van der Waals surface area contributed by atoms with Gasteiger partial charge in [-0.05, 0) is 36.2 Å². The molecule has 0 aliphatic carbocycles. The second-order valence-corrected chi connectivity index (χ2v) is 7.96. The van der Waals surface area contributed by atoms with Gasteiger partial charge in [0.1, 0.15) is 30.1 Å². The smallest absolute Gasteiger partial charge is 0.416 e. The second-order valence-electron chi connectivity index (χ2n) is 7.96. The van der Waals surface area contributed by atoms with Crippen LogP contribution in [0.15, 0.2) is 67.0 Å². The van der Waals surface area contributed by atoms with Crippen LogP contribution in [0.2, 0.25) is 0 Å². The molecule has 0 radical (unpaired) electrons. The Morgan fingerprint density at radius 3 is 2.53 bits per heavy atom. The van der Waals surface area contributed by atoms with Gasteiger partial charge in [-0.25, -0.2) is 18.7 Å². The number of aromatic amines is 1. The van der Waals surface area contributed by atoms with Crippen LogP contribution in [-0.2, 0) is 4.74 Å². The topological polar surface area (TPSA) is 101 Å². The highest BCUT2D eigenvalue weighted by atomic mass is 19.1. The fourth-order valence-electron chi connectivity index (χ4n) is 4.09. The van der Waals surface area contributed by atoms with Crippen molar-refractivity contribution in [3.63, 3.8) is 0 Å². The molecule has 6 rings (SSSR count). The molecule has 1 atom stereocenters. The van der Waals surface area contributed by atoms with Crippen molar-refractivity contribution in [2.24, 2.45) is 0 Å². The molecule has 0 spiro atoms. The minimum absolute atomic E-state index is 0.159. The minimum atomic E-state index is -0.501. The zero-order valence-corrected chi connectivity index (χ0v) is 18.0. The van der Waals surface area contributed by atoms with Crippen molar-refractivity contribution >= 4 is 17.6 Å². The molecule has 1 amide bonds. The lowest BCUT2D eigenvalue weighted by molar-refractivity contribution is 0.179. The van der Waals surface area contributed by atoms with E-state index in [4.69, 9.17) is 9.72 Å². The molecule has 2 aromatic carbocycles. The number of fused-ring (bicyclic) bond motifs is 1. The Morgan fingerprint density at radius 2 is 1.79 bits per heavy atom. The number of amides is 1. The molecular formula is C24H18FN7O2.